The van der Waals surface area contributed by atoms with E-state index < -0.39 is 23.8 Å². The summed E-state index contributed by atoms with van der Waals surface area (Å²) < 4.78 is 53.5. The van der Waals surface area contributed by atoms with Crippen LogP contribution in [0, 0.1) is 5.92 Å². The number of benzene rings is 2. The molecule has 0 aliphatic carbocycles. The largest absolute Gasteiger partial charge is 0.573 e. The zero-order valence-electron chi connectivity index (χ0n) is 17.5. The van der Waals surface area contributed by atoms with Crippen molar-refractivity contribution < 1.29 is 32.2 Å². The van der Waals surface area contributed by atoms with E-state index in [4.69, 9.17) is 15.2 Å². The van der Waals surface area contributed by atoms with E-state index in [1.54, 1.807) is 45.0 Å². The molecule has 0 spiro atoms. The number of nitrogen functional groups attached to an aromatic ring is 1. The molecule has 0 atom stereocenters. The molecule has 2 N–H and O–H groups in total. The predicted octanol–water partition coefficient (Wildman–Crippen LogP) is 5.08. The highest BCUT2D eigenvalue weighted by Gasteiger charge is 2.35. The summed E-state index contributed by atoms with van der Waals surface area (Å²) in [6.45, 7) is 6.27. The molecular weight excluding hydrogens is 413 g/mol. The summed E-state index contributed by atoms with van der Waals surface area (Å²) in [7, 11) is 0. The summed E-state index contributed by atoms with van der Waals surface area (Å²) in [5.41, 5.74) is 7.12. The minimum absolute atomic E-state index is 0.0257. The normalized spacial score (nSPS) is 14.7. The Balaban J connectivity index is 1.69. The minimum Gasteiger partial charge on any atom is -0.489 e. The van der Waals surface area contributed by atoms with E-state index in [1.165, 1.54) is 23.1 Å². The second kappa shape index (κ2) is 8.56. The van der Waals surface area contributed by atoms with Gasteiger partial charge >= 0.3 is 12.5 Å². The van der Waals surface area contributed by atoms with Crippen LogP contribution in [0.2, 0.25) is 0 Å². The van der Waals surface area contributed by atoms with Crippen LogP contribution in [-0.2, 0) is 4.74 Å². The molecule has 1 aliphatic heterocycles. The highest BCUT2D eigenvalue weighted by atomic mass is 19.4. The first-order chi connectivity index (χ1) is 14.4. The first-order valence-corrected chi connectivity index (χ1v) is 9.76. The van der Waals surface area contributed by atoms with Gasteiger partial charge in [-0.25, -0.2) is 4.79 Å². The van der Waals surface area contributed by atoms with Gasteiger partial charge in [0.15, 0.2) is 11.5 Å². The van der Waals surface area contributed by atoms with Gasteiger partial charge in [-0.05, 0) is 56.2 Å². The number of ether oxygens (including phenoxy) is 3. The molecule has 0 bridgehead atoms. The number of amides is 1. The molecule has 0 radical (unpaired) electrons. The van der Waals surface area contributed by atoms with Crippen molar-refractivity contribution in [3.05, 3.63) is 42.5 Å². The second-order valence-electron chi connectivity index (χ2n) is 8.40. The molecule has 1 fully saturated rings. The summed E-state index contributed by atoms with van der Waals surface area (Å²) in [6.07, 6.45) is -5.27. The van der Waals surface area contributed by atoms with Gasteiger partial charge < -0.3 is 24.8 Å². The van der Waals surface area contributed by atoms with E-state index in [9.17, 15) is 18.0 Å². The van der Waals surface area contributed by atoms with Gasteiger partial charge in [0, 0.05) is 24.7 Å². The zero-order valence-corrected chi connectivity index (χ0v) is 17.5. The van der Waals surface area contributed by atoms with Gasteiger partial charge in [0.05, 0.1) is 6.61 Å². The molecule has 31 heavy (non-hydrogen) atoms. The van der Waals surface area contributed by atoms with Crippen LogP contribution >= 0.6 is 0 Å². The molecule has 9 heteroatoms. The fraction of sp³-hybridized carbons (Fsp3) is 0.409. The van der Waals surface area contributed by atoms with E-state index in [2.05, 4.69) is 4.74 Å². The minimum atomic E-state index is -4.85. The van der Waals surface area contributed by atoms with Crippen molar-refractivity contribution in [1.82, 2.24) is 4.90 Å². The number of carbonyl (C=O) groups excluding carboxylic acids is 1. The van der Waals surface area contributed by atoms with E-state index in [0.717, 1.165) is 5.56 Å². The van der Waals surface area contributed by atoms with E-state index in [0.29, 0.717) is 24.3 Å². The number of hydrogen-bond acceptors (Lipinski definition) is 5. The Kier molecular flexibility index (Phi) is 6.24. The maximum atomic E-state index is 12.8. The predicted molar refractivity (Wildman–Crippen MR) is 110 cm³/mol. The molecule has 6 nitrogen and oxygen atoms in total. The Labute approximate surface area is 178 Å². The van der Waals surface area contributed by atoms with Gasteiger partial charge in [0.1, 0.15) is 5.60 Å². The quantitative estimate of drug-likeness (QED) is 0.659. The van der Waals surface area contributed by atoms with Gasteiger partial charge in [-0.3, -0.25) is 0 Å². The molecule has 2 aromatic rings. The number of alkyl halides is 3. The Morgan fingerprint density at radius 3 is 2.35 bits per heavy atom. The van der Waals surface area contributed by atoms with Crippen molar-refractivity contribution in [2.75, 3.05) is 25.4 Å². The summed E-state index contributed by atoms with van der Waals surface area (Å²) in [5, 5.41) is 0. The van der Waals surface area contributed by atoms with Crippen LogP contribution in [0.1, 0.15) is 20.8 Å². The number of halogens is 3. The third-order valence-corrected chi connectivity index (χ3v) is 4.47. The van der Waals surface area contributed by atoms with Crippen LogP contribution in [0.5, 0.6) is 11.5 Å². The monoisotopic (exact) mass is 438 g/mol. The van der Waals surface area contributed by atoms with Crippen LogP contribution in [0.15, 0.2) is 42.5 Å². The number of hydrogen-bond donors (Lipinski definition) is 1. The average molecular weight is 438 g/mol. The van der Waals surface area contributed by atoms with Crippen molar-refractivity contribution in [3.63, 3.8) is 0 Å². The number of rotatable bonds is 5. The molecule has 1 saturated heterocycles. The smallest absolute Gasteiger partial charge is 0.489 e. The highest BCUT2D eigenvalue weighted by Crippen LogP contribution is 2.37. The zero-order chi connectivity index (χ0) is 22.8. The van der Waals surface area contributed by atoms with Crippen molar-refractivity contribution in [1.29, 1.82) is 0 Å². The van der Waals surface area contributed by atoms with Crippen LogP contribution in [0.4, 0.5) is 23.7 Å². The van der Waals surface area contributed by atoms with E-state index in [1.807, 2.05) is 0 Å². The van der Waals surface area contributed by atoms with Crippen molar-refractivity contribution in [2.45, 2.75) is 32.7 Å². The molecule has 1 aliphatic rings. The SMILES string of the molecule is CC(C)(C)OC(=O)N1CC(COc2cc(-c3cccc(N)c3)ccc2OC(F)(F)F)C1. The molecule has 3 rings (SSSR count). The maximum absolute atomic E-state index is 12.8. The first kappa shape index (κ1) is 22.6. The standard InChI is InChI=1S/C22H25F3N2O4/c1-21(2,3)31-20(28)27-11-14(12-27)13-29-19-10-16(15-5-4-6-17(26)9-15)7-8-18(19)30-22(23,24)25/h4-10,14H,11-13,26H2,1-3H3. The molecule has 1 heterocycles. The average Bonchev–Trinajstić information content (AvgIpc) is 2.58. The topological polar surface area (TPSA) is 74.0 Å². The van der Waals surface area contributed by atoms with Gasteiger partial charge in [-0.15, -0.1) is 13.2 Å². The Bertz CT molecular complexity index is 935. The number of carbonyl (C=O) groups is 1. The van der Waals surface area contributed by atoms with Crippen LogP contribution in [-0.4, -0.2) is 42.7 Å². The Hall–Kier alpha value is -3.10. The number of nitrogens with two attached hydrogens (primary N) is 1. The van der Waals surface area contributed by atoms with Gasteiger partial charge in [0.25, 0.3) is 0 Å². The number of likely N-dealkylation sites (tertiary alicyclic amines) is 1. The lowest BCUT2D eigenvalue weighted by atomic mass is 10.0. The molecule has 0 unspecified atom stereocenters. The molecule has 0 aromatic heterocycles. The molecule has 2 aromatic carbocycles. The van der Waals surface area contributed by atoms with Crippen molar-refractivity contribution in [2.24, 2.45) is 5.92 Å². The fourth-order valence-electron chi connectivity index (χ4n) is 3.09. The van der Waals surface area contributed by atoms with Gasteiger partial charge in [-0.2, -0.15) is 0 Å². The highest BCUT2D eigenvalue weighted by molar-refractivity contribution is 5.70. The van der Waals surface area contributed by atoms with Crippen molar-refractivity contribution >= 4 is 11.8 Å². The number of nitrogens with zero attached hydrogens (tertiary/aromatic N) is 1. The van der Waals surface area contributed by atoms with Gasteiger partial charge in [-0.1, -0.05) is 18.2 Å². The first-order valence-electron chi connectivity index (χ1n) is 9.76. The lowest BCUT2D eigenvalue weighted by Crippen LogP contribution is -2.53. The summed E-state index contributed by atoms with van der Waals surface area (Å²) in [5.74, 6) is -0.487. The molecular formula is C22H25F3N2O4. The Morgan fingerprint density at radius 1 is 1.06 bits per heavy atom. The van der Waals surface area contributed by atoms with E-state index >= 15 is 0 Å². The fourth-order valence-corrected chi connectivity index (χ4v) is 3.09. The van der Waals surface area contributed by atoms with Crippen LogP contribution < -0.4 is 15.2 Å². The lowest BCUT2D eigenvalue weighted by molar-refractivity contribution is -0.275. The molecule has 168 valence electrons. The third-order valence-electron chi connectivity index (χ3n) is 4.47. The third kappa shape index (κ3) is 6.44. The molecule has 1 amide bonds. The summed E-state index contributed by atoms with van der Waals surface area (Å²) in [4.78, 5) is 13.5. The Morgan fingerprint density at radius 2 is 1.74 bits per heavy atom. The van der Waals surface area contributed by atoms with Crippen molar-refractivity contribution in [3.8, 4) is 22.6 Å². The van der Waals surface area contributed by atoms with Crippen LogP contribution in [0.25, 0.3) is 11.1 Å². The maximum Gasteiger partial charge on any atom is 0.573 e. The molecule has 0 saturated carbocycles. The number of anilines is 1. The summed E-state index contributed by atoms with van der Waals surface area (Å²) in [6, 6.07) is 11.2. The van der Waals surface area contributed by atoms with Gasteiger partial charge in [0.2, 0.25) is 0 Å². The van der Waals surface area contributed by atoms with E-state index in [-0.39, 0.29) is 18.3 Å². The lowest BCUT2D eigenvalue weighted by Gasteiger charge is -2.39. The second-order valence-corrected chi connectivity index (χ2v) is 8.40. The summed E-state index contributed by atoms with van der Waals surface area (Å²) >= 11 is 0. The van der Waals surface area contributed by atoms with Crippen LogP contribution in [0.3, 0.4) is 0 Å².